The number of hydrogen-bond acceptors (Lipinski definition) is 1. The number of thiocyanates is 1. The van der Waals surface area contributed by atoms with Gasteiger partial charge in [0, 0.05) is 4.90 Å². The van der Waals surface area contributed by atoms with E-state index in [0.29, 0.717) is 5.56 Å². The molecule has 0 radical (unpaired) electrons. The van der Waals surface area contributed by atoms with Crippen LogP contribution in [0, 0.1) is 16.6 Å². The van der Waals surface area contributed by atoms with Crippen LogP contribution in [-0.4, -0.2) is 5.51 Å². The molecule has 1 nitrogen and oxygen atoms in total. The van der Waals surface area contributed by atoms with Gasteiger partial charge < -0.3 is 0 Å². The van der Waals surface area contributed by atoms with Gasteiger partial charge in [-0.25, -0.2) is 0 Å². The average molecular weight is 271 g/mol. The number of nitrogens with zero attached hydrogens (tertiary/aromatic N) is 1. The molecule has 0 saturated carbocycles. The second-order valence-electron chi connectivity index (χ2n) is 4.39. The van der Waals surface area contributed by atoms with Crippen molar-refractivity contribution in [3.05, 3.63) is 34.7 Å². The van der Waals surface area contributed by atoms with Crippen LogP contribution in [0.5, 0.6) is 0 Å². The van der Waals surface area contributed by atoms with Gasteiger partial charge in [0.25, 0.3) is 0 Å². The average Bonchev–Trinajstić information content (AvgIpc) is 2.63. The van der Waals surface area contributed by atoms with Crippen LogP contribution in [0.1, 0.15) is 19.4 Å². The van der Waals surface area contributed by atoms with E-state index in [2.05, 4.69) is 0 Å². The standard InChI is InChI=1S/C13H12F3NS/c1-9(2)12-7-10-5-3-4-6-11(10)18(12,8-17)13(14,15)16/h3-7,9H,1-2H3. The Labute approximate surface area is 105 Å². The molecule has 0 spiro atoms. The topological polar surface area (TPSA) is 23.8 Å². The van der Waals surface area contributed by atoms with Crippen molar-refractivity contribution in [2.75, 3.05) is 0 Å². The van der Waals surface area contributed by atoms with E-state index in [0.717, 1.165) is 0 Å². The third-order valence-corrected chi connectivity index (χ3v) is 6.25. The van der Waals surface area contributed by atoms with Crippen molar-refractivity contribution >= 4 is 16.1 Å². The zero-order valence-electron chi connectivity index (χ0n) is 9.95. The summed E-state index contributed by atoms with van der Waals surface area (Å²) in [5.74, 6) is -0.298. The summed E-state index contributed by atoms with van der Waals surface area (Å²) in [6, 6.07) is 6.31. The van der Waals surface area contributed by atoms with Crippen LogP contribution in [0.2, 0.25) is 0 Å². The second kappa shape index (κ2) is 4.06. The molecule has 1 aromatic rings. The van der Waals surface area contributed by atoms with Crippen molar-refractivity contribution in [2.24, 2.45) is 5.92 Å². The molecule has 0 bridgehead atoms. The van der Waals surface area contributed by atoms with Crippen molar-refractivity contribution in [2.45, 2.75) is 24.3 Å². The molecule has 0 N–H and O–H groups in total. The molecule has 0 saturated heterocycles. The Morgan fingerprint density at radius 1 is 1.22 bits per heavy atom. The minimum atomic E-state index is -4.52. The molecule has 1 aromatic carbocycles. The van der Waals surface area contributed by atoms with Crippen LogP contribution in [0.25, 0.3) is 6.08 Å². The molecule has 18 heavy (non-hydrogen) atoms. The molecule has 0 fully saturated rings. The lowest BCUT2D eigenvalue weighted by Gasteiger charge is -2.35. The number of benzene rings is 1. The van der Waals surface area contributed by atoms with E-state index in [1.54, 1.807) is 37.4 Å². The number of alkyl halides is 3. The van der Waals surface area contributed by atoms with Crippen molar-refractivity contribution in [3.8, 4) is 5.40 Å². The highest BCUT2D eigenvalue weighted by atomic mass is 32.3. The highest BCUT2D eigenvalue weighted by Crippen LogP contribution is 2.76. The Hall–Kier alpha value is -1.41. The summed E-state index contributed by atoms with van der Waals surface area (Å²) in [6.07, 6.45) is 1.53. The monoisotopic (exact) mass is 271 g/mol. The molecule has 1 aliphatic heterocycles. The number of allylic oxidation sites excluding steroid dienone is 1. The number of fused-ring (bicyclic) bond motifs is 1. The van der Waals surface area contributed by atoms with Crippen molar-refractivity contribution < 1.29 is 13.2 Å². The lowest BCUT2D eigenvalue weighted by molar-refractivity contribution is -0.0367. The first kappa shape index (κ1) is 13.0. The fourth-order valence-corrected chi connectivity index (χ4v) is 5.03. The smallest absolute Gasteiger partial charge is 0.186 e. The molecule has 0 aromatic heterocycles. The summed E-state index contributed by atoms with van der Waals surface area (Å²) >= 11 is 0. The molecule has 0 amide bonds. The molecule has 1 aliphatic rings. The van der Waals surface area contributed by atoms with E-state index in [4.69, 9.17) is 0 Å². The fraction of sp³-hybridized carbons (Fsp3) is 0.308. The maximum absolute atomic E-state index is 13.5. The summed E-state index contributed by atoms with van der Waals surface area (Å²) in [5, 5.41) is 10.8. The zero-order chi connectivity index (χ0) is 13.6. The van der Waals surface area contributed by atoms with Gasteiger partial charge in [-0.3, -0.25) is 0 Å². The second-order valence-corrected chi connectivity index (χ2v) is 7.17. The summed E-state index contributed by atoms with van der Waals surface area (Å²) in [7, 11) is -3.55. The number of hydrogen-bond donors (Lipinski definition) is 0. The first-order valence-corrected chi connectivity index (χ1v) is 7.09. The van der Waals surface area contributed by atoms with E-state index in [1.807, 2.05) is 0 Å². The predicted octanol–water partition coefficient (Wildman–Crippen LogP) is 4.86. The van der Waals surface area contributed by atoms with Crippen molar-refractivity contribution in [1.29, 1.82) is 5.26 Å². The summed E-state index contributed by atoms with van der Waals surface area (Å²) in [6.45, 7) is 3.39. The molecule has 96 valence electrons. The van der Waals surface area contributed by atoms with E-state index < -0.39 is 15.5 Å². The molecular formula is C13H12F3NS. The SMILES string of the molecule is CC(C)C1=Cc2ccccc2S1(C#N)C(F)(F)F. The number of halogens is 3. The van der Waals surface area contributed by atoms with Gasteiger partial charge in [-0.05, 0) is 38.6 Å². The highest BCUT2D eigenvalue weighted by Gasteiger charge is 2.57. The van der Waals surface area contributed by atoms with E-state index in [-0.39, 0.29) is 15.7 Å². The first-order valence-electron chi connectivity index (χ1n) is 5.46. The maximum Gasteiger partial charge on any atom is 0.445 e. The fourth-order valence-electron chi connectivity index (χ4n) is 2.18. The minimum Gasteiger partial charge on any atom is -0.186 e. The van der Waals surface area contributed by atoms with Crippen LogP contribution in [0.3, 0.4) is 0 Å². The first-order chi connectivity index (χ1) is 8.34. The molecule has 5 heteroatoms. The predicted molar refractivity (Wildman–Crippen MR) is 66.8 cm³/mol. The van der Waals surface area contributed by atoms with Gasteiger partial charge in [-0.2, -0.15) is 18.4 Å². The number of nitriles is 1. The molecule has 1 unspecified atom stereocenters. The van der Waals surface area contributed by atoms with Gasteiger partial charge in [0.2, 0.25) is 0 Å². The molecule has 2 rings (SSSR count). The molecular weight excluding hydrogens is 259 g/mol. The Morgan fingerprint density at radius 2 is 1.83 bits per heavy atom. The lowest BCUT2D eigenvalue weighted by Crippen LogP contribution is -2.21. The van der Waals surface area contributed by atoms with E-state index in [9.17, 15) is 18.4 Å². The van der Waals surface area contributed by atoms with Gasteiger partial charge in [0.05, 0.1) is 0 Å². The highest BCUT2D eigenvalue weighted by molar-refractivity contribution is 8.41. The van der Waals surface area contributed by atoms with Crippen LogP contribution < -0.4 is 0 Å². The van der Waals surface area contributed by atoms with Gasteiger partial charge in [-0.1, -0.05) is 32.0 Å². The van der Waals surface area contributed by atoms with Crippen LogP contribution in [-0.2, 0) is 0 Å². The van der Waals surface area contributed by atoms with E-state index >= 15 is 0 Å². The summed E-state index contributed by atoms with van der Waals surface area (Å²) in [5.41, 5.74) is -4.00. The van der Waals surface area contributed by atoms with Crippen LogP contribution in [0.4, 0.5) is 13.2 Å². The third kappa shape index (κ3) is 1.56. The lowest BCUT2D eigenvalue weighted by atomic mass is 10.1. The minimum absolute atomic E-state index is 0.128. The van der Waals surface area contributed by atoms with Gasteiger partial charge >= 0.3 is 5.51 Å². The Balaban J connectivity index is 2.78. The third-order valence-electron chi connectivity index (χ3n) is 2.95. The maximum atomic E-state index is 13.5. The van der Waals surface area contributed by atoms with Crippen LogP contribution >= 0.6 is 10.0 Å². The summed E-state index contributed by atoms with van der Waals surface area (Å²) in [4.78, 5) is 0.336. The molecule has 1 heterocycles. The van der Waals surface area contributed by atoms with Gasteiger partial charge in [0.15, 0.2) is 0 Å². The Morgan fingerprint density at radius 3 is 2.33 bits per heavy atom. The van der Waals surface area contributed by atoms with Crippen molar-refractivity contribution in [1.82, 2.24) is 0 Å². The van der Waals surface area contributed by atoms with E-state index in [1.165, 1.54) is 12.1 Å². The normalized spacial score (nSPS) is 26.2. The quantitative estimate of drug-likeness (QED) is 0.669. The van der Waals surface area contributed by atoms with Gasteiger partial charge in [-0.15, -0.1) is 0 Å². The Kier molecular flexibility index (Phi) is 2.94. The molecule has 1 atom stereocenters. The van der Waals surface area contributed by atoms with Gasteiger partial charge in [0.1, 0.15) is 5.40 Å². The van der Waals surface area contributed by atoms with Crippen molar-refractivity contribution in [3.63, 3.8) is 0 Å². The zero-order valence-corrected chi connectivity index (χ0v) is 10.8. The Bertz CT molecular complexity index is 554. The summed E-state index contributed by atoms with van der Waals surface area (Å²) < 4.78 is 40.4. The largest absolute Gasteiger partial charge is 0.445 e. The molecule has 0 aliphatic carbocycles. The number of rotatable bonds is 1. The van der Waals surface area contributed by atoms with Crippen LogP contribution in [0.15, 0.2) is 34.1 Å².